The highest BCUT2D eigenvalue weighted by atomic mass is 16.3. The van der Waals surface area contributed by atoms with Crippen LogP contribution in [0.25, 0.3) is 23.2 Å². The van der Waals surface area contributed by atoms with Crippen LogP contribution in [0.5, 0.6) is 0 Å². The number of hydrogen-bond donors (Lipinski definition) is 1. The topological polar surface area (TPSA) is 85.8 Å². The molecule has 7 nitrogen and oxygen atoms in total. The van der Waals surface area contributed by atoms with Gasteiger partial charge in [-0.15, -0.1) is 5.10 Å². The molecule has 0 atom stereocenters. The summed E-state index contributed by atoms with van der Waals surface area (Å²) in [7, 11) is 0. The van der Waals surface area contributed by atoms with E-state index in [2.05, 4.69) is 27.8 Å². The molecule has 0 spiro atoms. The quantitative estimate of drug-likeness (QED) is 0.504. The molecule has 4 aromatic rings. The first-order valence-corrected chi connectivity index (χ1v) is 9.24. The van der Waals surface area contributed by atoms with Crippen molar-refractivity contribution in [2.45, 2.75) is 13.3 Å². The third-order valence-electron chi connectivity index (χ3n) is 4.38. The van der Waals surface area contributed by atoms with E-state index in [9.17, 15) is 4.79 Å². The molecule has 2 aromatic carbocycles. The number of hydrogen-bond acceptors (Lipinski definition) is 5. The third kappa shape index (κ3) is 4.14. The van der Waals surface area contributed by atoms with E-state index in [0.717, 1.165) is 17.5 Å². The highest BCUT2D eigenvalue weighted by Gasteiger charge is 2.20. The average molecular weight is 385 g/mol. The highest BCUT2D eigenvalue weighted by molar-refractivity contribution is 6.24. The second kappa shape index (κ2) is 8.35. The van der Waals surface area contributed by atoms with Gasteiger partial charge in [0.2, 0.25) is 0 Å². The molecule has 0 saturated carbocycles. The molecule has 0 aliphatic rings. The second-order valence-corrected chi connectivity index (χ2v) is 6.33. The number of benzene rings is 2. The number of aryl methyl sites for hydroxylation is 1. The number of rotatable bonds is 6. The molecule has 0 saturated heterocycles. The van der Waals surface area contributed by atoms with Crippen molar-refractivity contribution in [2.75, 3.05) is 5.32 Å². The van der Waals surface area contributed by atoms with Crippen LogP contribution in [0, 0.1) is 0 Å². The van der Waals surface area contributed by atoms with E-state index >= 15 is 0 Å². The van der Waals surface area contributed by atoms with Crippen LogP contribution in [0.15, 0.2) is 77.4 Å². The number of furan rings is 1. The predicted octanol–water partition coefficient (Wildman–Crippen LogP) is 4.13. The molecule has 0 bridgehead atoms. The van der Waals surface area contributed by atoms with Gasteiger partial charge in [-0.25, -0.2) is 0 Å². The molecule has 0 fully saturated rings. The van der Waals surface area contributed by atoms with Crippen molar-refractivity contribution in [2.24, 2.45) is 0 Å². The van der Waals surface area contributed by atoms with Gasteiger partial charge in [0.15, 0.2) is 5.82 Å². The van der Waals surface area contributed by atoms with Gasteiger partial charge in [-0.1, -0.05) is 49.4 Å². The number of tetrazole rings is 1. The molecule has 1 amide bonds. The van der Waals surface area contributed by atoms with E-state index in [1.165, 1.54) is 4.68 Å². The first-order valence-electron chi connectivity index (χ1n) is 9.24. The standard InChI is InChI=1S/C22H19N5O2/c1-2-16-8-6-11-18(14-16)23-22(28)20(15-19-12-7-13-29-19)27-21(24-25-26-27)17-9-4-3-5-10-17/h3-15H,2H2,1H3,(H,23,28). The fourth-order valence-electron chi connectivity index (χ4n) is 2.91. The predicted molar refractivity (Wildman–Crippen MR) is 111 cm³/mol. The summed E-state index contributed by atoms with van der Waals surface area (Å²) < 4.78 is 6.82. The van der Waals surface area contributed by atoms with Gasteiger partial charge in [0, 0.05) is 17.3 Å². The normalized spacial score (nSPS) is 11.4. The summed E-state index contributed by atoms with van der Waals surface area (Å²) >= 11 is 0. The number of amides is 1. The van der Waals surface area contributed by atoms with E-state index in [4.69, 9.17) is 4.42 Å². The molecule has 144 valence electrons. The van der Waals surface area contributed by atoms with Crippen molar-refractivity contribution in [3.63, 3.8) is 0 Å². The monoisotopic (exact) mass is 385 g/mol. The zero-order valence-corrected chi connectivity index (χ0v) is 15.8. The largest absolute Gasteiger partial charge is 0.465 e. The Morgan fingerprint density at radius 3 is 2.72 bits per heavy atom. The van der Waals surface area contributed by atoms with Gasteiger partial charge in [-0.2, -0.15) is 4.68 Å². The van der Waals surface area contributed by atoms with E-state index in [-0.39, 0.29) is 11.6 Å². The van der Waals surface area contributed by atoms with Crippen LogP contribution in [-0.2, 0) is 11.2 Å². The summed E-state index contributed by atoms with van der Waals surface area (Å²) in [6.07, 6.45) is 4.04. The zero-order valence-electron chi connectivity index (χ0n) is 15.8. The van der Waals surface area contributed by atoms with Gasteiger partial charge in [-0.3, -0.25) is 4.79 Å². The van der Waals surface area contributed by atoms with E-state index in [1.54, 1.807) is 24.5 Å². The second-order valence-electron chi connectivity index (χ2n) is 6.33. The maximum atomic E-state index is 13.2. The summed E-state index contributed by atoms with van der Waals surface area (Å²) in [6, 6.07) is 20.7. The SMILES string of the molecule is CCc1cccc(NC(=O)C(=Cc2ccco2)n2nnnc2-c2ccccc2)c1. The Bertz CT molecular complexity index is 1130. The van der Waals surface area contributed by atoms with Gasteiger partial charge in [-0.05, 0) is 46.7 Å². The molecular weight excluding hydrogens is 366 g/mol. The van der Waals surface area contributed by atoms with E-state index in [1.807, 2.05) is 54.6 Å². The maximum Gasteiger partial charge on any atom is 0.274 e. The molecule has 7 heteroatoms. The summed E-state index contributed by atoms with van der Waals surface area (Å²) in [6.45, 7) is 2.07. The van der Waals surface area contributed by atoms with Crippen molar-refractivity contribution in [1.29, 1.82) is 0 Å². The summed E-state index contributed by atoms with van der Waals surface area (Å²) in [4.78, 5) is 13.2. The van der Waals surface area contributed by atoms with Crippen LogP contribution in [-0.4, -0.2) is 26.1 Å². The van der Waals surface area contributed by atoms with E-state index in [0.29, 0.717) is 17.3 Å². The maximum absolute atomic E-state index is 13.2. The van der Waals surface area contributed by atoms with E-state index < -0.39 is 0 Å². The lowest BCUT2D eigenvalue weighted by molar-refractivity contribution is -0.111. The highest BCUT2D eigenvalue weighted by Crippen LogP contribution is 2.22. The molecule has 29 heavy (non-hydrogen) atoms. The Hall–Kier alpha value is -4.00. The van der Waals surface area contributed by atoms with Gasteiger partial charge in [0.1, 0.15) is 11.5 Å². The van der Waals surface area contributed by atoms with Crippen LogP contribution in [0.1, 0.15) is 18.2 Å². The van der Waals surface area contributed by atoms with Gasteiger partial charge in [0.25, 0.3) is 5.91 Å². The molecule has 0 unspecified atom stereocenters. The van der Waals surface area contributed by atoms with Gasteiger partial charge in [0.05, 0.1) is 6.26 Å². The molecule has 0 radical (unpaired) electrons. The Kier molecular flexibility index (Phi) is 5.29. The molecule has 2 aromatic heterocycles. The molecule has 1 N–H and O–H groups in total. The van der Waals surface area contributed by atoms with Crippen molar-refractivity contribution >= 4 is 23.4 Å². The van der Waals surface area contributed by atoms with Gasteiger partial charge < -0.3 is 9.73 Å². The summed E-state index contributed by atoms with van der Waals surface area (Å²) in [5, 5.41) is 14.9. The molecular formula is C22H19N5O2. The van der Waals surface area contributed by atoms with Crippen LogP contribution in [0.2, 0.25) is 0 Å². The third-order valence-corrected chi connectivity index (χ3v) is 4.38. The van der Waals surface area contributed by atoms with Crippen molar-refractivity contribution in [1.82, 2.24) is 20.2 Å². The smallest absolute Gasteiger partial charge is 0.274 e. The van der Waals surface area contributed by atoms with Crippen LogP contribution in [0.3, 0.4) is 0 Å². The first kappa shape index (κ1) is 18.4. The van der Waals surface area contributed by atoms with Crippen molar-refractivity contribution in [3.05, 3.63) is 84.3 Å². The minimum Gasteiger partial charge on any atom is -0.465 e. The number of nitrogens with one attached hydrogen (secondary N) is 1. The zero-order chi connectivity index (χ0) is 20.1. The van der Waals surface area contributed by atoms with Crippen LogP contribution in [0.4, 0.5) is 5.69 Å². The number of nitrogens with zero attached hydrogens (tertiary/aromatic N) is 4. The lowest BCUT2D eigenvalue weighted by Gasteiger charge is -2.11. The van der Waals surface area contributed by atoms with Crippen molar-refractivity contribution < 1.29 is 9.21 Å². The van der Waals surface area contributed by atoms with Gasteiger partial charge >= 0.3 is 0 Å². The Morgan fingerprint density at radius 1 is 1.10 bits per heavy atom. The number of aromatic nitrogens is 4. The minimum atomic E-state index is -0.348. The Balaban J connectivity index is 1.74. The van der Waals surface area contributed by atoms with Crippen LogP contribution >= 0.6 is 0 Å². The molecule has 0 aliphatic heterocycles. The average Bonchev–Trinajstić information content (AvgIpc) is 3.44. The fraction of sp³-hybridized carbons (Fsp3) is 0.0909. The lowest BCUT2D eigenvalue weighted by atomic mass is 10.1. The molecule has 2 heterocycles. The first-order chi connectivity index (χ1) is 14.2. The number of anilines is 1. The molecule has 0 aliphatic carbocycles. The van der Waals surface area contributed by atoms with Crippen LogP contribution < -0.4 is 5.32 Å². The Morgan fingerprint density at radius 2 is 1.97 bits per heavy atom. The minimum absolute atomic E-state index is 0.241. The number of carbonyl (C=O) groups excluding carboxylic acids is 1. The molecule has 4 rings (SSSR count). The lowest BCUT2D eigenvalue weighted by Crippen LogP contribution is -2.19. The Labute approximate surface area is 167 Å². The van der Waals surface area contributed by atoms with Crippen molar-refractivity contribution in [3.8, 4) is 11.4 Å². The summed E-state index contributed by atoms with van der Waals surface area (Å²) in [5.41, 5.74) is 2.87. The summed E-state index contributed by atoms with van der Waals surface area (Å²) in [5.74, 6) is 0.631. The fourth-order valence-corrected chi connectivity index (χ4v) is 2.91. The number of carbonyl (C=O) groups is 1.